The van der Waals surface area contributed by atoms with Crippen molar-refractivity contribution in [3.63, 3.8) is 0 Å². The molecule has 0 saturated carbocycles. The van der Waals surface area contributed by atoms with Crippen LogP contribution in [0.2, 0.25) is 0 Å². The van der Waals surface area contributed by atoms with E-state index in [0.717, 1.165) is 19.6 Å². The van der Waals surface area contributed by atoms with Crippen LogP contribution >= 0.6 is 11.8 Å². The van der Waals surface area contributed by atoms with Crippen molar-refractivity contribution < 1.29 is 4.74 Å². The summed E-state index contributed by atoms with van der Waals surface area (Å²) < 4.78 is 5.16. The van der Waals surface area contributed by atoms with Crippen molar-refractivity contribution in [2.75, 3.05) is 25.3 Å². The summed E-state index contributed by atoms with van der Waals surface area (Å²) in [6.07, 6.45) is 3.03. The Bertz CT molecular complexity index is 525. The summed E-state index contributed by atoms with van der Waals surface area (Å²) in [4.78, 5) is 1.30. The van der Waals surface area contributed by atoms with Gasteiger partial charge in [0.25, 0.3) is 0 Å². The van der Waals surface area contributed by atoms with Gasteiger partial charge in [0.1, 0.15) is 0 Å². The number of ether oxygens (including phenoxy) is 1. The Morgan fingerprint density at radius 1 is 1.05 bits per heavy atom. The molecule has 0 radical (unpaired) electrons. The van der Waals surface area contributed by atoms with Gasteiger partial charge in [0.05, 0.1) is 6.61 Å². The Morgan fingerprint density at radius 3 is 2.50 bits per heavy atom. The molecule has 0 fully saturated rings. The van der Waals surface area contributed by atoms with Crippen LogP contribution in [0.3, 0.4) is 0 Å². The van der Waals surface area contributed by atoms with E-state index in [4.69, 9.17) is 4.74 Å². The molecule has 0 aliphatic carbocycles. The third-order valence-corrected chi connectivity index (χ3v) is 3.98. The highest BCUT2D eigenvalue weighted by Gasteiger charge is 2.01. The van der Waals surface area contributed by atoms with E-state index < -0.39 is 0 Å². The van der Waals surface area contributed by atoms with Crippen molar-refractivity contribution in [1.29, 1.82) is 0 Å². The molecule has 0 unspecified atom stereocenters. The van der Waals surface area contributed by atoms with Crippen LogP contribution in [0.5, 0.6) is 0 Å². The smallest absolute Gasteiger partial charge is 0.0503 e. The van der Waals surface area contributed by atoms with Crippen molar-refractivity contribution in [3.05, 3.63) is 59.7 Å². The number of para-hydroxylation sites is 1. The summed E-state index contributed by atoms with van der Waals surface area (Å²) in [5, 5.41) is 3.51. The van der Waals surface area contributed by atoms with Crippen molar-refractivity contribution in [1.82, 2.24) is 0 Å². The van der Waals surface area contributed by atoms with Gasteiger partial charge in [0.15, 0.2) is 0 Å². The Labute approximate surface area is 125 Å². The molecule has 106 valence electrons. The minimum atomic E-state index is 0.751. The highest BCUT2D eigenvalue weighted by Crippen LogP contribution is 2.18. The van der Waals surface area contributed by atoms with Gasteiger partial charge in [-0.15, -0.1) is 11.8 Å². The van der Waals surface area contributed by atoms with Crippen molar-refractivity contribution in [3.8, 4) is 0 Å². The van der Waals surface area contributed by atoms with Gasteiger partial charge >= 0.3 is 0 Å². The van der Waals surface area contributed by atoms with Crippen molar-refractivity contribution >= 4 is 17.4 Å². The normalized spacial score (nSPS) is 10.5. The first kappa shape index (κ1) is 14.9. The summed E-state index contributed by atoms with van der Waals surface area (Å²) in [7, 11) is 1.74. The van der Waals surface area contributed by atoms with Gasteiger partial charge in [0, 0.05) is 24.2 Å². The average Bonchev–Trinajstić information content (AvgIpc) is 2.52. The molecule has 20 heavy (non-hydrogen) atoms. The topological polar surface area (TPSA) is 21.3 Å². The summed E-state index contributed by atoms with van der Waals surface area (Å²) >= 11 is 1.77. The third kappa shape index (κ3) is 4.29. The summed E-state index contributed by atoms with van der Waals surface area (Å²) in [6.45, 7) is 1.60. The van der Waals surface area contributed by atoms with Crippen LogP contribution in [0, 0.1) is 0 Å². The minimum absolute atomic E-state index is 0.751. The predicted octanol–water partition coefficient (Wildman–Crippen LogP) is 4.21. The van der Waals surface area contributed by atoms with Gasteiger partial charge < -0.3 is 10.1 Å². The zero-order valence-electron chi connectivity index (χ0n) is 12.1. The van der Waals surface area contributed by atoms with E-state index in [1.807, 2.05) is 0 Å². The van der Waals surface area contributed by atoms with E-state index in [1.54, 1.807) is 18.9 Å². The van der Waals surface area contributed by atoms with Crippen LogP contribution in [0.1, 0.15) is 11.1 Å². The number of thioether (sulfide) groups is 1. The van der Waals surface area contributed by atoms with Gasteiger partial charge in [-0.2, -0.15) is 0 Å². The molecule has 2 rings (SSSR count). The molecule has 0 aliphatic rings. The monoisotopic (exact) mass is 287 g/mol. The maximum absolute atomic E-state index is 5.16. The zero-order chi connectivity index (χ0) is 14.2. The quantitative estimate of drug-likeness (QED) is 0.771. The second kappa shape index (κ2) is 7.98. The Balaban J connectivity index is 1.98. The van der Waals surface area contributed by atoms with E-state index in [9.17, 15) is 0 Å². The highest BCUT2D eigenvalue weighted by atomic mass is 32.2. The maximum Gasteiger partial charge on any atom is 0.0503 e. The highest BCUT2D eigenvalue weighted by molar-refractivity contribution is 7.98. The second-order valence-corrected chi connectivity index (χ2v) is 5.48. The number of rotatable bonds is 7. The molecule has 1 N–H and O–H groups in total. The number of benzene rings is 2. The number of hydrogen-bond donors (Lipinski definition) is 1. The Hall–Kier alpha value is -1.45. The fourth-order valence-corrected chi connectivity index (χ4v) is 2.47. The largest absolute Gasteiger partial charge is 0.384 e. The van der Waals surface area contributed by atoms with Crippen LogP contribution in [-0.4, -0.2) is 20.0 Å². The standard InChI is InChI=1S/C17H21NOS/c1-19-12-11-15-5-3-4-6-17(15)18-13-14-7-9-16(20-2)10-8-14/h3-10,18H,11-13H2,1-2H3. The molecule has 0 atom stereocenters. The fraction of sp³-hybridized carbons (Fsp3) is 0.294. The van der Waals surface area contributed by atoms with E-state index in [1.165, 1.54) is 21.7 Å². The molecule has 0 spiro atoms. The van der Waals surface area contributed by atoms with Crippen LogP contribution in [0.15, 0.2) is 53.4 Å². The van der Waals surface area contributed by atoms with E-state index in [-0.39, 0.29) is 0 Å². The zero-order valence-corrected chi connectivity index (χ0v) is 12.9. The molecule has 2 nitrogen and oxygen atoms in total. The molecular weight excluding hydrogens is 266 g/mol. The van der Waals surface area contributed by atoms with Crippen LogP contribution in [0.4, 0.5) is 5.69 Å². The molecule has 2 aromatic carbocycles. The molecule has 3 heteroatoms. The lowest BCUT2D eigenvalue weighted by molar-refractivity contribution is 0.202. The molecule has 0 saturated heterocycles. The Kier molecular flexibility index (Phi) is 5.96. The molecular formula is C17H21NOS. The molecule has 0 amide bonds. The molecule has 0 aliphatic heterocycles. The van der Waals surface area contributed by atoms with E-state index in [0.29, 0.717) is 0 Å². The van der Waals surface area contributed by atoms with Crippen LogP contribution in [0.25, 0.3) is 0 Å². The summed E-state index contributed by atoms with van der Waals surface area (Å²) in [6, 6.07) is 17.1. The number of methoxy groups -OCH3 is 1. The third-order valence-electron chi connectivity index (χ3n) is 3.23. The van der Waals surface area contributed by atoms with Crippen molar-refractivity contribution in [2.24, 2.45) is 0 Å². The number of nitrogens with one attached hydrogen (secondary N) is 1. The first-order valence-electron chi connectivity index (χ1n) is 6.77. The number of hydrogen-bond acceptors (Lipinski definition) is 3. The van der Waals surface area contributed by atoms with E-state index in [2.05, 4.69) is 60.1 Å². The van der Waals surface area contributed by atoms with Gasteiger partial charge in [0.2, 0.25) is 0 Å². The summed E-state index contributed by atoms with van der Waals surface area (Å²) in [5.74, 6) is 0. The maximum atomic E-state index is 5.16. The van der Waals surface area contributed by atoms with Gasteiger partial charge in [-0.1, -0.05) is 30.3 Å². The number of anilines is 1. The summed E-state index contributed by atoms with van der Waals surface area (Å²) in [5.41, 5.74) is 3.79. The lowest BCUT2D eigenvalue weighted by Gasteiger charge is -2.12. The van der Waals surface area contributed by atoms with Crippen LogP contribution < -0.4 is 5.32 Å². The first-order valence-corrected chi connectivity index (χ1v) is 7.99. The average molecular weight is 287 g/mol. The lowest BCUT2D eigenvalue weighted by atomic mass is 10.1. The SMILES string of the molecule is COCCc1ccccc1NCc1ccc(SC)cc1. The van der Waals surface area contributed by atoms with Crippen molar-refractivity contribution in [2.45, 2.75) is 17.9 Å². The minimum Gasteiger partial charge on any atom is -0.384 e. The molecule has 0 aromatic heterocycles. The first-order chi connectivity index (χ1) is 9.83. The van der Waals surface area contributed by atoms with Gasteiger partial charge in [-0.05, 0) is 42.0 Å². The molecule has 0 heterocycles. The second-order valence-electron chi connectivity index (χ2n) is 4.60. The molecule has 0 bridgehead atoms. The van der Waals surface area contributed by atoms with E-state index >= 15 is 0 Å². The van der Waals surface area contributed by atoms with Crippen LogP contribution in [-0.2, 0) is 17.7 Å². The fourth-order valence-electron chi connectivity index (χ4n) is 2.06. The van der Waals surface area contributed by atoms with Gasteiger partial charge in [-0.3, -0.25) is 0 Å². The van der Waals surface area contributed by atoms with Gasteiger partial charge in [-0.25, -0.2) is 0 Å². The predicted molar refractivity (Wildman–Crippen MR) is 87.6 cm³/mol. The molecule has 2 aromatic rings. The lowest BCUT2D eigenvalue weighted by Crippen LogP contribution is -2.04. The Morgan fingerprint density at radius 2 is 1.80 bits per heavy atom.